The summed E-state index contributed by atoms with van der Waals surface area (Å²) in [5, 5.41) is 0.661. The number of thioether (sulfide) groups is 1. The number of hydrogen-bond acceptors (Lipinski definition) is 5. The summed E-state index contributed by atoms with van der Waals surface area (Å²) >= 11 is 7.34. The quantitative estimate of drug-likeness (QED) is 0.706. The molecule has 8 heteroatoms. The van der Waals surface area contributed by atoms with Gasteiger partial charge in [-0.3, -0.25) is 20.4 Å². The molecule has 2 aromatic carbocycles. The smallest absolute Gasteiger partial charge is 0.269 e. The molecule has 0 fully saturated rings. The van der Waals surface area contributed by atoms with Crippen molar-refractivity contribution in [2.75, 3.05) is 20.0 Å². The van der Waals surface area contributed by atoms with Gasteiger partial charge in [-0.05, 0) is 29.8 Å². The van der Waals surface area contributed by atoms with E-state index in [1.54, 1.807) is 24.3 Å². The standard InChI is InChI=1S/C18H19ClN2O4S/c1-24-15-7-13(8-16(9-15)25-2)18(23)21-20-17(22)11-26-10-12-4-3-5-14(19)6-12/h3-9H,10-11H2,1-2H3,(H,20,22)(H,21,23). The molecule has 26 heavy (non-hydrogen) atoms. The zero-order valence-corrected chi connectivity index (χ0v) is 15.9. The third kappa shape index (κ3) is 6.16. The Morgan fingerprint density at radius 3 is 2.35 bits per heavy atom. The van der Waals surface area contributed by atoms with Crippen LogP contribution in [0.5, 0.6) is 11.5 Å². The zero-order valence-electron chi connectivity index (χ0n) is 14.4. The molecule has 2 rings (SSSR count). The van der Waals surface area contributed by atoms with E-state index in [2.05, 4.69) is 10.9 Å². The van der Waals surface area contributed by atoms with Crippen LogP contribution in [0.15, 0.2) is 42.5 Å². The zero-order chi connectivity index (χ0) is 18.9. The Morgan fingerprint density at radius 2 is 1.73 bits per heavy atom. The number of methoxy groups -OCH3 is 2. The van der Waals surface area contributed by atoms with Crippen molar-refractivity contribution < 1.29 is 19.1 Å². The summed E-state index contributed by atoms with van der Waals surface area (Å²) in [6, 6.07) is 12.2. The summed E-state index contributed by atoms with van der Waals surface area (Å²) in [4.78, 5) is 24.0. The lowest BCUT2D eigenvalue weighted by Crippen LogP contribution is -2.42. The molecule has 0 heterocycles. The minimum absolute atomic E-state index is 0.203. The molecule has 2 amide bonds. The lowest BCUT2D eigenvalue weighted by Gasteiger charge is -2.10. The van der Waals surface area contributed by atoms with E-state index in [4.69, 9.17) is 21.1 Å². The van der Waals surface area contributed by atoms with Crippen LogP contribution in [0.1, 0.15) is 15.9 Å². The monoisotopic (exact) mass is 394 g/mol. The van der Waals surface area contributed by atoms with Crippen molar-refractivity contribution in [1.82, 2.24) is 10.9 Å². The molecule has 0 bridgehead atoms. The molecule has 0 aliphatic heterocycles. The number of rotatable bonds is 7. The van der Waals surface area contributed by atoms with Crippen LogP contribution in [0.3, 0.4) is 0 Å². The second-order valence-electron chi connectivity index (χ2n) is 5.23. The number of carbonyl (C=O) groups is 2. The van der Waals surface area contributed by atoms with Crippen molar-refractivity contribution in [3.8, 4) is 11.5 Å². The molecule has 0 unspecified atom stereocenters. The molecule has 2 aromatic rings. The first-order valence-corrected chi connectivity index (χ1v) is 9.19. The van der Waals surface area contributed by atoms with Crippen molar-refractivity contribution in [1.29, 1.82) is 0 Å². The van der Waals surface area contributed by atoms with Gasteiger partial charge in [0.05, 0.1) is 20.0 Å². The second-order valence-corrected chi connectivity index (χ2v) is 6.65. The van der Waals surface area contributed by atoms with E-state index < -0.39 is 5.91 Å². The summed E-state index contributed by atoms with van der Waals surface area (Å²) in [7, 11) is 2.99. The molecule has 0 aromatic heterocycles. The highest BCUT2D eigenvalue weighted by molar-refractivity contribution is 7.99. The van der Waals surface area contributed by atoms with E-state index in [0.29, 0.717) is 27.8 Å². The van der Waals surface area contributed by atoms with Gasteiger partial charge in [-0.25, -0.2) is 0 Å². The molecule has 2 N–H and O–H groups in total. The fourth-order valence-corrected chi connectivity index (χ4v) is 3.05. The van der Waals surface area contributed by atoms with Crippen LogP contribution in [0.2, 0.25) is 5.02 Å². The van der Waals surface area contributed by atoms with E-state index in [-0.39, 0.29) is 11.7 Å². The molecular weight excluding hydrogens is 376 g/mol. The number of hydrazine groups is 1. The van der Waals surface area contributed by atoms with Gasteiger partial charge >= 0.3 is 0 Å². The van der Waals surface area contributed by atoms with Crippen LogP contribution < -0.4 is 20.3 Å². The number of hydrogen-bond donors (Lipinski definition) is 2. The van der Waals surface area contributed by atoms with Crippen LogP contribution in [0.4, 0.5) is 0 Å². The second kappa shape index (κ2) is 9.94. The van der Waals surface area contributed by atoms with Crippen LogP contribution in [-0.2, 0) is 10.5 Å². The van der Waals surface area contributed by atoms with Crippen molar-refractivity contribution in [3.63, 3.8) is 0 Å². The Labute approximate surface area is 161 Å². The Kier molecular flexibility index (Phi) is 7.62. The third-order valence-electron chi connectivity index (χ3n) is 3.32. The largest absolute Gasteiger partial charge is 0.497 e. The van der Waals surface area contributed by atoms with Gasteiger partial charge < -0.3 is 9.47 Å². The minimum Gasteiger partial charge on any atom is -0.497 e. The molecule has 0 saturated carbocycles. The molecule has 138 valence electrons. The Hall–Kier alpha value is -2.38. The molecule has 0 spiro atoms. The fourth-order valence-electron chi connectivity index (χ4n) is 2.06. The number of amides is 2. The summed E-state index contributed by atoms with van der Waals surface area (Å²) in [6.45, 7) is 0. The molecule has 0 radical (unpaired) electrons. The van der Waals surface area contributed by atoms with Crippen molar-refractivity contribution >= 4 is 35.2 Å². The molecular formula is C18H19ClN2O4S. The molecule has 0 saturated heterocycles. The van der Waals surface area contributed by atoms with Crippen LogP contribution >= 0.6 is 23.4 Å². The number of benzene rings is 2. The minimum atomic E-state index is -0.463. The number of carbonyl (C=O) groups excluding carboxylic acids is 2. The summed E-state index contributed by atoms with van der Waals surface area (Å²) < 4.78 is 10.2. The lowest BCUT2D eigenvalue weighted by molar-refractivity contribution is -0.119. The van der Waals surface area contributed by atoms with Crippen molar-refractivity contribution in [2.24, 2.45) is 0 Å². The van der Waals surface area contributed by atoms with Crippen LogP contribution in [0.25, 0.3) is 0 Å². The molecule has 0 atom stereocenters. The first kappa shape index (κ1) is 19.9. The van der Waals surface area contributed by atoms with Gasteiger partial charge in [0.2, 0.25) is 5.91 Å². The number of halogens is 1. The number of ether oxygens (including phenoxy) is 2. The molecule has 0 aliphatic rings. The summed E-state index contributed by atoms with van der Waals surface area (Å²) in [5.74, 6) is 1.05. The number of nitrogens with one attached hydrogen (secondary N) is 2. The van der Waals surface area contributed by atoms with E-state index in [9.17, 15) is 9.59 Å². The van der Waals surface area contributed by atoms with E-state index in [0.717, 1.165) is 5.56 Å². The predicted octanol–water partition coefficient (Wildman–Crippen LogP) is 3.05. The first-order valence-electron chi connectivity index (χ1n) is 7.66. The van der Waals surface area contributed by atoms with Crippen LogP contribution in [-0.4, -0.2) is 31.8 Å². The molecule has 6 nitrogen and oxygen atoms in total. The maximum Gasteiger partial charge on any atom is 0.269 e. The average Bonchev–Trinajstić information content (AvgIpc) is 2.65. The molecule has 0 aliphatic carbocycles. The normalized spacial score (nSPS) is 10.1. The van der Waals surface area contributed by atoms with Gasteiger partial charge in [0, 0.05) is 22.4 Å². The fraction of sp³-hybridized carbons (Fsp3) is 0.222. The van der Waals surface area contributed by atoms with Crippen molar-refractivity contribution in [2.45, 2.75) is 5.75 Å². The highest BCUT2D eigenvalue weighted by Crippen LogP contribution is 2.22. The van der Waals surface area contributed by atoms with E-state index >= 15 is 0 Å². The van der Waals surface area contributed by atoms with Gasteiger partial charge in [-0.15, -0.1) is 11.8 Å². The highest BCUT2D eigenvalue weighted by Gasteiger charge is 2.11. The third-order valence-corrected chi connectivity index (χ3v) is 4.56. The van der Waals surface area contributed by atoms with E-state index in [1.807, 2.05) is 18.2 Å². The topological polar surface area (TPSA) is 76.7 Å². The van der Waals surface area contributed by atoms with Gasteiger partial charge in [-0.2, -0.15) is 0 Å². The summed E-state index contributed by atoms with van der Waals surface area (Å²) in [5.41, 5.74) is 6.11. The Morgan fingerprint density at radius 1 is 1.04 bits per heavy atom. The van der Waals surface area contributed by atoms with Crippen LogP contribution in [0, 0.1) is 0 Å². The predicted molar refractivity (Wildman–Crippen MR) is 103 cm³/mol. The maximum absolute atomic E-state index is 12.2. The Balaban J connectivity index is 1.80. The van der Waals surface area contributed by atoms with E-state index in [1.165, 1.54) is 26.0 Å². The van der Waals surface area contributed by atoms with Crippen molar-refractivity contribution in [3.05, 3.63) is 58.6 Å². The van der Waals surface area contributed by atoms with Gasteiger partial charge in [0.25, 0.3) is 5.91 Å². The van der Waals surface area contributed by atoms with Gasteiger partial charge in [-0.1, -0.05) is 23.7 Å². The first-order chi connectivity index (χ1) is 12.5. The summed E-state index contributed by atoms with van der Waals surface area (Å²) in [6.07, 6.45) is 0. The van der Waals surface area contributed by atoms with Gasteiger partial charge in [0.1, 0.15) is 11.5 Å². The highest BCUT2D eigenvalue weighted by atomic mass is 35.5. The maximum atomic E-state index is 12.2. The lowest BCUT2D eigenvalue weighted by atomic mass is 10.2. The Bertz CT molecular complexity index is 763. The SMILES string of the molecule is COc1cc(OC)cc(C(=O)NNC(=O)CSCc2cccc(Cl)c2)c1. The average molecular weight is 395 g/mol. The van der Waals surface area contributed by atoms with Gasteiger partial charge in [0.15, 0.2) is 0 Å².